The first-order chi connectivity index (χ1) is 22.9. The molecule has 0 heterocycles. The lowest BCUT2D eigenvalue weighted by Gasteiger charge is -2.09. The largest absolute Gasteiger partial charge is 0.493 e. The summed E-state index contributed by atoms with van der Waals surface area (Å²) in [4.78, 5) is 0. The van der Waals surface area contributed by atoms with E-state index < -0.39 is 0 Å². The molecule has 0 saturated heterocycles. The van der Waals surface area contributed by atoms with Gasteiger partial charge in [-0.25, -0.2) is 0 Å². The Morgan fingerprint density at radius 2 is 0.848 bits per heavy atom. The number of benzene rings is 1. The molecule has 46 heavy (non-hydrogen) atoms. The van der Waals surface area contributed by atoms with Crippen molar-refractivity contribution < 1.29 is 52.5 Å². The maximum absolute atomic E-state index is 8.46. The van der Waals surface area contributed by atoms with Crippen molar-refractivity contribution in [2.75, 3.05) is 126 Å². The third-order valence-corrected chi connectivity index (χ3v) is 6.74. The first-order valence-corrected chi connectivity index (χ1v) is 17.4. The van der Waals surface area contributed by atoms with E-state index in [0.717, 1.165) is 18.6 Å². The van der Waals surface area contributed by atoms with E-state index in [1.807, 2.05) is 6.07 Å². The molecule has 0 radical (unpaired) electrons. The predicted molar refractivity (Wildman–Crippen MR) is 178 cm³/mol. The van der Waals surface area contributed by atoms with Crippen molar-refractivity contribution >= 4 is 0 Å². The SMILES string of the molecule is CCCCCCCCCc1cccc(OCCCOCCOCCOCCOCCOCCOCCOCCOCCOCO)c1. The van der Waals surface area contributed by atoms with E-state index in [4.69, 9.17) is 52.5 Å². The molecular formula is C35H64O11. The molecule has 0 aliphatic heterocycles. The molecule has 0 unspecified atom stereocenters. The van der Waals surface area contributed by atoms with Gasteiger partial charge >= 0.3 is 0 Å². The fourth-order valence-electron chi connectivity index (χ4n) is 4.25. The van der Waals surface area contributed by atoms with Gasteiger partial charge in [0.2, 0.25) is 0 Å². The van der Waals surface area contributed by atoms with Crippen LogP contribution in [0.4, 0.5) is 0 Å². The van der Waals surface area contributed by atoms with Crippen molar-refractivity contribution in [3.05, 3.63) is 29.8 Å². The summed E-state index contributed by atoms with van der Waals surface area (Å²) in [5.74, 6) is 0.948. The van der Waals surface area contributed by atoms with Gasteiger partial charge in [-0.15, -0.1) is 0 Å². The summed E-state index contributed by atoms with van der Waals surface area (Å²) in [6.07, 6.45) is 11.3. The predicted octanol–water partition coefficient (Wildman–Crippen LogP) is 4.85. The number of unbranched alkanes of at least 4 members (excludes halogenated alkanes) is 6. The second-order valence-electron chi connectivity index (χ2n) is 10.7. The average Bonchev–Trinajstić information content (AvgIpc) is 3.07. The molecule has 0 saturated carbocycles. The first-order valence-electron chi connectivity index (χ1n) is 17.4. The van der Waals surface area contributed by atoms with Crippen molar-refractivity contribution in [2.24, 2.45) is 0 Å². The Balaban J connectivity index is 1.73. The number of ether oxygens (including phenoxy) is 10. The molecule has 1 rings (SSSR count). The Morgan fingerprint density at radius 1 is 0.435 bits per heavy atom. The molecular weight excluding hydrogens is 596 g/mol. The van der Waals surface area contributed by atoms with E-state index in [0.29, 0.717) is 119 Å². The third-order valence-electron chi connectivity index (χ3n) is 6.74. The van der Waals surface area contributed by atoms with Crippen LogP contribution < -0.4 is 4.74 Å². The summed E-state index contributed by atoms with van der Waals surface area (Å²) in [5.41, 5.74) is 1.36. The lowest BCUT2D eigenvalue weighted by Crippen LogP contribution is -2.15. The highest BCUT2D eigenvalue weighted by Gasteiger charge is 2.00. The Kier molecular flexibility index (Phi) is 33.8. The van der Waals surface area contributed by atoms with Crippen molar-refractivity contribution in [3.63, 3.8) is 0 Å². The highest BCUT2D eigenvalue weighted by Crippen LogP contribution is 2.16. The molecule has 0 amide bonds. The van der Waals surface area contributed by atoms with Gasteiger partial charge in [0.1, 0.15) is 12.5 Å². The van der Waals surface area contributed by atoms with Crippen LogP contribution in [-0.2, 0) is 49.1 Å². The van der Waals surface area contributed by atoms with Gasteiger partial charge < -0.3 is 52.5 Å². The topological polar surface area (TPSA) is 113 Å². The van der Waals surface area contributed by atoms with E-state index in [9.17, 15) is 0 Å². The minimum absolute atomic E-state index is 0.286. The lowest BCUT2D eigenvalue weighted by atomic mass is 10.0. The van der Waals surface area contributed by atoms with Crippen molar-refractivity contribution in [3.8, 4) is 5.75 Å². The third kappa shape index (κ3) is 31.2. The summed E-state index contributed by atoms with van der Waals surface area (Å²) >= 11 is 0. The quantitative estimate of drug-likeness (QED) is 0.0776. The molecule has 0 atom stereocenters. The Labute approximate surface area is 278 Å². The minimum Gasteiger partial charge on any atom is -0.493 e. The van der Waals surface area contributed by atoms with Crippen LogP contribution in [0.5, 0.6) is 5.75 Å². The highest BCUT2D eigenvalue weighted by molar-refractivity contribution is 5.28. The maximum atomic E-state index is 8.46. The normalized spacial score (nSPS) is 11.4. The zero-order chi connectivity index (χ0) is 32.9. The molecule has 0 bridgehead atoms. The van der Waals surface area contributed by atoms with E-state index in [2.05, 4.69) is 25.1 Å². The standard InChI is InChI=1S/C35H64O11/c1-2-3-4-5-6-7-8-11-34-12-9-13-35(32-34)46-15-10-14-37-16-17-38-18-19-39-20-21-40-22-23-41-24-25-42-26-27-43-28-29-44-30-31-45-33-36/h9,12-13,32,36H,2-8,10-11,14-31,33H2,1H3. The van der Waals surface area contributed by atoms with Crippen LogP contribution in [0.1, 0.15) is 63.9 Å². The van der Waals surface area contributed by atoms with E-state index in [-0.39, 0.29) is 6.79 Å². The number of aliphatic hydroxyl groups excluding tert-OH is 1. The Hall–Kier alpha value is -1.38. The fraction of sp³-hybridized carbons (Fsp3) is 0.829. The zero-order valence-corrected chi connectivity index (χ0v) is 28.6. The van der Waals surface area contributed by atoms with Crippen LogP contribution in [-0.4, -0.2) is 131 Å². The summed E-state index contributed by atoms with van der Waals surface area (Å²) < 4.78 is 54.4. The molecule has 0 aromatic heterocycles. The average molecular weight is 661 g/mol. The number of aryl methyl sites for hydroxylation is 1. The van der Waals surface area contributed by atoms with Crippen LogP contribution in [0.2, 0.25) is 0 Å². The van der Waals surface area contributed by atoms with Gasteiger partial charge in [-0.05, 0) is 30.5 Å². The molecule has 1 N–H and O–H groups in total. The van der Waals surface area contributed by atoms with Gasteiger partial charge in [-0.2, -0.15) is 0 Å². The molecule has 270 valence electrons. The van der Waals surface area contributed by atoms with Crippen LogP contribution in [0.15, 0.2) is 24.3 Å². The summed E-state index contributed by atoms with van der Waals surface area (Å²) in [6.45, 7) is 11.3. The minimum atomic E-state index is -0.286. The fourth-order valence-corrected chi connectivity index (χ4v) is 4.25. The molecule has 0 spiro atoms. The van der Waals surface area contributed by atoms with E-state index >= 15 is 0 Å². The summed E-state index contributed by atoms with van der Waals surface area (Å²) in [7, 11) is 0. The first kappa shape index (κ1) is 42.6. The molecule has 0 aliphatic carbocycles. The number of hydrogen-bond acceptors (Lipinski definition) is 11. The molecule has 0 fully saturated rings. The Bertz CT molecular complexity index is 726. The van der Waals surface area contributed by atoms with Gasteiger partial charge in [0.15, 0.2) is 0 Å². The van der Waals surface area contributed by atoms with Crippen LogP contribution >= 0.6 is 0 Å². The van der Waals surface area contributed by atoms with E-state index in [1.54, 1.807) is 0 Å². The van der Waals surface area contributed by atoms with Gasteiger partial charge in [0, 0.05) is 13.0 Å². The van der Waals surface area contributed by atoms with Crippen LogP contribution in [0.25, 0.3) is 0 Å². The second-order valence-corrected chi connectivity index (χ2v) is 10.7. The smallest absolute Gasteiger partial charge is 0.143 e. The zero-order valence-electron chi connectivity index (χ0n) is 28.6. The Morgan fingerprint density at radius 3 is 1.30 bits per heavy atom. The maximum Gasteiger partial charge on any atom is 0.143 e. The van der Waals surface area contributed by atoms with Gasteiger partial charge in [0.25, 0.3) is 0 Å². The molecule has 1 aromatic rings. The number of hydrogen-bond donors (Lipinski definition) is 1. The van der Waals surface area contributed by atoms with Crippen LogP contribution in [0, 0.1) is 0 Å². The molecule has 11 nitrogen and oxygen atoms in total. The molecule has 1 aromatic carbocycles. The molecule has 11 heteroatoms. The van der Waals surface area contributed by atoms with Crippen molar-refractivity contribution in [1.29, 1.82) is 0 Å². The van der Waals surface area contributed by atoms with Crippen molar-refractivity contribution in [2.45, 2.75) is 64.7 Å². The van der Waals surface area contributed by atoms with Crippen LogP contribution in [0.3, 0.4) is 0 Å². The second kappa shape index (κ2) is 36.5. The number of aliphatic hydroxyl groups is 1. The number of rotatable bonds is 38. The highest BCUT2D eigenvalue weighted by atomic mass is 16.6. The van der Waals surface area contributed by atoms with Gasteiger partial charge in [-0.1, -0.05) is 57.6 Å². The van der Waals surface area contributed by atoms with Gasteiger partial charge in [0.05, 0.1) is 112 Å². The monoisotopic (exact) mass is 660 g/mol. The van der Waals surface area contributed by atoms with E-state index in [1.165, 1.54) is 50.5 Å². The summed E-state index contributed by atoms with van der Waals surface area (Å²) in [5, 5.41) is 8.46. The van der Waals surface area contributed by atoms with Crippen molar-refractivity contribution in [1.82, 2.24) is 0 Å². The lowest BCUT2D eigenvalue weighted by molar-refractivity contribution is -0.0417. The van der Waals surface area contributed by atoms with Gasteiger partial charge in [-0.3, -0.25) is 0 Å². The molecule has 0 aliphatic rings. The summed E-state index contributed by atoms with van der Waals surface area (Å²) in [6, 6.07) is 8.50.